The molecule has 0 N–H and O–H groups in total. The van der Waals surface area contributed by atoms with Gasteiger partial charge in [0.05, 0.1) is 0 Å². The van der Waals surface area contributed by atoms with Crippen molar-refractivity contribution < 1.29 is 0 Å². The fourth-order valence-electron chi connectivity index (χ4n) is 0. The first-order valence-electron chi connectivity index (χ1n) is 0.779. The second kappa shape index (κ2) is 7.27. The molecule has 0 saturated carbocycles. The van der Waals surface area contributed by atoms with Crippen molar-refractivity contribution in [3.8, 4) is 0 Å². The van der Waals surface area contributed by atoms with Crippen molar-refractivity contribution in [2.24, 2.45) is 0 Å². The Balaban J connectivity index is 0. The van der Waals surface area contributed by atoms with E-state index < -0.39 is 0 Å². The molecular formula is CCaS4. The SMILES string of the molecule is S=C([S-])S[S-].[Ca+2]. The average Bonchev–Trinajstić information content (AvgIpc) is 1.38. The third-order valence-corrected chi connectivity index (χ3v) is 1.84. The minimum absolute atomic E-state index is 0. The molecule has 0 saturated heterocycles. The zero-order valence-electron chi connectivity index (χ0n) is 2.84. The van der Waals surface area contributed by atoms with Gasteiger partial charge in [0.25, 0.3) is 0 Å². The Hall–Kier alpha value is 2.27. The van der Waals surface area contributed by atoms with Crippen molar-refractivity contribution in [2.75, 3.05) is 0 Å². The summed E-state index contributed by atoms with van der Waals surface area (Å²) in [4.78, 5) is 0. The Kier molecular flexibility index (Phi) is 13.5. The van der Waals surface area contributed by atoms with E-state index in [1.165, 1.54) is 0 Å². The van der Waals surface area contributed by atoms with E-state index in [-0.39, 0.29) is 37.7 Å². The summed E-state index contributed by atoms with van der Waals surface area (Å²) in [6, 6.07) is 0. The third-order valence-electron chi connectivity index (χ3n) is 0.0680. The second-order valence-electron chi connectivity index (χ2n) is 0.333. The average molecular weight is 180 g/mol. The molecule has 0 aromatic rings. The van der Waals surface area contributed by atoms with E-state index in [1.54, 1.807) is 0 Å². The maximum absolute atomic E-state index is 4.37. The Labute approximate surface area is 87.0 Å². The van der Waals surface area contributed by atoms with Crippen molar-refractivity contribution in [3.63, 3.8) is 0 Å². The van der Waals surface area contributed by atoms with Gasteiger partial charge < -0.3 is 47.3 Å². The quantitative estimate of drug-likeness (QED) is 0.232. The number of thiocarbonyl (C=S) groups is 1. The first-order chi connectivity index (χ1) is 2.27. The Bertz CT molecular complexity index is 42.8. The Morgan fingerprint density at radius 1 is 1.67 bits per heavy atom. The van der Waals surface area contributed by atoms with Crippen molar-refractivity contribution in [3.05, 3.63) is 0 Å². The van der Waals surface area contributed by atoms with E-state index in [1.807, 2.05) is 0 Å². The van der Waals surface area contributed by atoms with Crippen LogP contribution in [0, 0.1) is 0 Å². The van der Waals surface area contributed by atoms with Crippen molar-refractivity contribution in [1.29, 1.82) is 0 Å². The summed E-state index contributed by atoms with van der Waals surface area (Å²) in [5.74, 6) is 0. The summed E-state index contributed by atoms with van der Waals surface area (Å²) in [7, 11) is 1.01. The maximum atomic E-state index is 4.37. The molecule has 0 spiro atoms. The monoisotopic (exact) mass is 180 g/mol. The first-order valence-corrected chi connectivity index (χ1v) is 3.34. The summed E-state index contributed by atoms with van der Waals surface area (Å²) < 4.78 is 0.403. The van der Waals surface area contributed by atoms with Crippen molar-refractivity contribution in [2.45, 2.75) is 0 Å². The zero-order valence-corrected chi connectivity index (χ0v) is 8.31. The van der Waals surface area contributed by atoms with E-state index in [4.69, 9.17) is 0 Å². The van der Waals surface area contributed by atoms with Gasteiger partial charge in [-0.2, -0.15) is 0 Å². The predicted molar refractivity (Wildman–Crippen MR) is 40.7 cm³/mol. The molecule has 0 amide bonds. The Morgan fingerprint density at radius 2 is 1.83 bits per heavy atom. The normalized spacial score (nSPS) is 6.17. The van der Waals surface area contributed by atoms with Crippen molar-refractivity contribution in [1.82, 2.24) is 0 Å². The van der Waals surface area contributed by atoms with Crippen LogP contribution in [0.4, 0.5) is 0 Å². The summed E-state index contributed by atoms with van der Waals surface area (Å²) in [6.45, 7) is 0. The van der Waals surface area contributed by atoms with Crippen LogP contribution in [0.3, 0.4) is 0 Å². The van der Waals surface area contributed by atoms with Crippen LogP contribution in [-0.4, -0.2) is 41.3 Å². The molecule has 0 rings (SSSR count). The van der Waals surface area contributed by atoms with Crippen LogP contribution in [0.25, 0.3) is 0 Å². The molecule has 5 heteroatoms. The van der Waals surface area contributed by atoms with Crippen LogP contribution in [0.15, 0.2) is 0 Å². The molecule has 6 heavy (non-hydrogen) atoms. The van der Waals surface area contributed by atoms with Gasteiger partial charge in [0.15, 0.2) is 0 Å². The topological polar surface area (TPSA) is 0 Å². The van der Waals surface area contributed by atoms with Gasteiger partial charge in [-0.05, 0) is 0 Å². The van der Waals surface area contributed by atoms with E-state index >= 15 is 0 Å². The number of hydrogen-bond donors (Lipinski definition) is 0. The largest absolute Gasteiger partial charge is 2.00 e. The summed E-state index contributed by atoms with van der Waals surface area (Å²) >= 11 is 13.1. The first kappa shape index (κ1) is 11.1. The van der Waals surface area contributed by atoms with Gasteiger partial charge in [-0.15, -0.1) is 3.53 Å². The van der Waals surface area contributed by atoms with Gasteiger partial charge in [-0.1, -0.05) is 0 Å². The molecule has 0 nitrogen and oxygen atoms in total. The molecule has 0 aliphatic carbocycles. The molecule has 0 heterocycles. The van der Waals surface area contributed by atoms with Gasteiger partial charge in [-0.25, -0.2) is 0 Å². The molecule has 0 aromatic heterocycles. The minimum Gasteiger partial charge on any atom is -0.715 e. The van der Waals surface area contributed by atoms with E-state index in [0.29, 0.717) is 3.53 Å². The summed E-state index contributed by atoms with van der Waals surface area (Å²) in [5.41, 5.74) is 0. The molecule has 30 valence electrons. The fourth-order valence-corrected chi connectivity index (χ4v) is 0. The van der Waals surface area contributed by atoms with E-state index in [0.717, 1.165) is 10.8 Å². The van der Waals surface area contributed by atoms with Gasteiger partial charge in [0, 0.05) is 0 Å². The summed E-state index contributed by atoms with van der Waals surface area (Å²) in [5, 5.41) is 0. The second-order valence-corrected chi connectivity index (χ2v) is 3.00. The molecule has 0 radical (unpaired) electrons. The van der Waals surface area contributed by atoms with Crippen LogP contribution in [0.1, 0.15) is 0 Å². The smallest absolute Gasteiger partial charge is 0.715 e. The molecular weight excluding hydrogens is 180 g/mol. The molecule has 0 unspecified atom stereocenters. The Morgan fingerprint density at radius 3 is 1.83 bits per heavy atom. The minimum atomic E-state index is 0. The fraction of sp³-hybridized carbons (Fsp3) is 0. The van der Waals surface area contributed by atoms with E-state index in [2.05, 4.69) is 36.5 Å². The van der Waals surface area contributed by atoms with Crippen LogP contribution in [-0.2, 0) is 24.3 Å². The van der Waals surface area contributed by atoms with Crippen molar-refractivity contribution >= 4 is 88.6 Å². The van der Waals surface area contributed by atoms with Gasteiger partial charge in [0.2, 0.25) is 0 Å². The van der Waals surface area contributed by atoms with E-state index in [9.17, 15) is 0 Å². The molecule has 0 aromatic carbocycles. The standard InChI is InChI=1S/CH2S4.Ca/c2-1(3)5-4;/h4H,(H,2,3);/q;+2/p-2. The number of rotatable bonds is 0. The van der Waals surface area contributed by atoms with Crippen LogP contribution >= 0.6 is 23.0 Å². The molecule has 0 fully saturated rings. The van der Waals surface area contributed by atoms with Crippen LogP contribution in [0.2, 0.25) is 0 Å². The molecule has 0 atom stereocenters. The van der Waals surface area contributed by atoms with Gasteiger partial charge in [-0.3, -0.25) is 0 Å². The van der Waals surface area contributed by atoms with Gasteiger partial charge in [0.1, 0.15) is 0 Å². The molecule has 0 aliphatic rings. The van der Waals surface area contributed by atoms with Crippen LogP contribution < -0.4 is 0 Å². The van der Waals surface area contributed by atoms with Crippen LogP contribution in [0.5, 0.6) is 0 Å². The number of hydrogen-bond acceptors (Lipinski definition) is 4. The predicted octanol–water partition coefficient (Wildman–Crippen LogP) is 0.633. The summed E-state index contributed by atoms with van der Waals surface area (Å²) in [6.07, 6.45) is 0. The molecule has 0 bridgehead atoms. The maximum Gasteiger partial charge on any atom is 2.00 e. The molecule has 0 aliphatic heterocycles. The zero-order chi connectivity index (χ0) is 4.28. The third kappa shape index (κ3) is 9.55. The van der Waals surface area contributed by atoms with Gasteiger partial charge >= 0.3 is 37.7 Å².